The van der Waals surface area contributed by atoms with Gasteiger partial charge in [-0.05, 0) is 11.5 Å². The summed E-state index contributed by atoms with van der Waals surface area (Å²) in [6.07, 6.45) is 3.59. The lowest BCUT2D eigenvalue weighted by Gasteiger charge is -2.21. The van der Waals surface area contributed by atoms with E-state index in [1.165, 1.54) is 0 Å². The Kier molecular flexibility index (Phi) is 4.70. The lowest BCUT2D eigenvalue weighted by molar-refractivity contribution is 0.592. The van der Waals surface area contributed by atoms with E-state index in [1.807, 2.05) is 91.0 Å². The van der Waals surface area contributed by atoms with Gasteiger partial charge in [-0.15, -0.1) is 0 Å². The molecular formula is C31H20N3OP. The minimum atomic E-state index is -3.28. The monoisotopic (exact) mass is 481 g/mol. The Labute approximate surface area is 207 Å². The van der Waals surface area contributed by atoms with Crippen molar-refractivity contribution in [3.05, 3.63) is 122 Å². The zero-order chi connectivity index (χ0) is 24.1. The van der Waals surface area contributed by atoms with Crippen molar-refractivity contribution in [2.75, 3.05) is 0 Å². The van der Waals surface area contributed by atoms with Crippen LogP contribution in [-0.2, 0) is 4.57 Å². The van der Waals surface area contributed by atoms with Crippen LogP contribution in [-0.4, -0.2) is 15.0 Å². The predicted octanol–water partition coefficient (Wildman–Crippen LogP) is 6.12. The summed E-state index contributed by atoms with van der Waals surface area (Å²) >= 11 is 0. The van der Waals surface area contributed by atoms with Gasteiger partial charge >= 0.3 is 0 Å². The summed E-state index contributed by atoms with van der Waals surface area (Å²) in [5.74, 6) is 0. The fourth-order valence-corrected chi connectivity index (χ4v) is 7.89. The maximum Gasteiger partial charge on any atom is 0.189 e. The topological polar surface area (TPSA) is 55.7 Å². The first-order valence-corrected chi connectivity index (χ1v) is 13.5. The average molecular weight is 481 g/mol. The van der Waals surface area contributed by atoms with Crippen molar-refractivity contribution in [3.63, 3.8) is 0 Å². The minimum Gasteiger partial charge on any atom is -0.307 e. The molecule has 0 aliphatic rings. The maximum absolute atomic E-state index is 15.2. The Bertz CT molecular complexity index is 1930. The highest BCUT2D eigenvalue weighted by Crippen LogP contribution is 2.45. The van der Waals surface area contributed by atoms with Crippen LogP contribution < -0.4 is 16.0 Å². The molecule has 3 heterocycles. The van der Waals surface area contributed by atoms with Crippen molar-refractivity contribution in [3.8, 4) is 0 Å². The summed E-state index contributed by atoms with van der Waals surface area (Å²) in [5.41, 5.74) is 3.01. The van der Waals surface area contributed by atoms with E-state index in [0.29, 0.717) is 5.44 Å². The van der Waals surface area contributed by atoms with E-state index < -0.39 is 7.14 Å². The number of nitrogens with zero attached hydrogens (tertiary/aromatic N) is 3. The van der Waals surface area contributed by atoms with Crippen LogP contribution in [0.15, 0.2) is 122 Å². The van der Waals surface area contributed by atoms with Crippen LogP contribution in [0.25, 0.3) is 43.5 Å². The molecule has 7 aromatic rings. The Morgan fingerprint density at radius 3 is 1.94 bits per heavy atom. The predicted molar refractivity (Wildman–Crippen MR) is 149 cm³/mol. The number of pyridine rings is 3. The standard InChI is InChI=1S/C31H20N3OP/c35-36(22-11-3-1-4-12-22,23-13-5-2-6-14-23)31-25-16-8-7-15-24(25)28-26-18-17-21-10-9-19-32-29(21)30(26)33-20-27(28)34-31/h1-20H. The van der Waals surface area contributed by atoms with Crippen LogP contribution in [0.5, 0.6) is 0 Å². The summed E-state index contributed by atoms with van der Waals surface area (Å²) in [4.78, 5) is 14.5. The van der Waals surface area contributed by atoms with Gasteiger partial charge in [-0.1, -0.05) is 103 Å². The number of aromatic nitrogens is 3. The second-order valence-electron chi connectivity index (χ2n) is 8.82. The molecule has 0 N–H and O–H groups in total. The molecule has 0 aliphatic heterocycles. The molecule has 0 unspecified atom stereocenters. The van der Waals surface area contributed by atoms with Gasteiger partial charge in [-0.25, -0.2) is 4.98 Å². The zero-order valence-electron chi connectivity index (χ0n) is 19.2. The van der Waals surface area contributed by atoms with Gasteiger partial charge in [-0.2, -0.15) is 0 Å². The molecule has 7 rings (SSSR count). The van der Waals surface area contributed by atoms with E-state index in [2.05, 4.69) is 23.2 Å². The molecule has 3 aromatic heterocycles. The highest BCUT2D eigenvalue weighted by molar-refractivity contribution is 7.85. The molecule has 5 heteroatoms. The Morgan fingerprint density at radius 1 is 0.556 bits per heavy atom. The first-order valence-electron chi connectivity index (χ1n) is 11.8. The maximum atomic E-state index is 15.2. The van der Waals surface area contributed by atoms with Crippen LogP contribution in [0.3, 0.4) is 0 Å². The molecule has 4 aromatic carbocycles. The van der Waals surface area contributed by atoms with Gasteiger partial charge in [0.05, 0.1) is 22.7 Å². The minimum absolute atomic E-state index is 0.586. The molecule has 0 aliphatic carbocycles. The lowest BCUT2D eigenvalue weighted by atomic mass is 10.0. The SMILES string of the molecule is O=P(c1ccccc1)(c1ccccc1)c1nc2cnc3c(ccc4cccnc43)c2c2ccccc12. The van der Waals surface area contributed by atoms with Gasteiger partial charge in [0.15, 0.2) is 7.14 Å². The summed E-state index contributed by atoms with van der Waals surface area (Å²) in [7, 11) is -3.28. The fourth-order valence-electron chi connectivity index (χ4n) is 5.14. The number of fused-ring (bicyclic) bond motifs is 7. The van der Waals surface area contributed by atoms with Crippen molar-refractivity contribution >= 4 is 66.7 Å². The smallest absolute Gasteiger partial charge is 0.189 e. The van der Waals surface area contributed by atoms with Crippen LogP contribution >= 0.6 is 7.14 Å². The van der Waals surface area contributed by atoms with Crippen molar-refractivity contribution in [2.24, 2.45) is 0 Å². The second kappa shape index (κ2) is 8.08. The van der Waals surface area contributed by atoms with E-state index in [1.54, 1.807) is 12.4 Å². The number of hydrogen-bond donors (Lipinski definition) is 0. The molecule has 0 bridgehead atoms. The lowest BCUT2D eigenvalue weighted by Crippen LogP contribution is -2.27. The van der Waals surface area contributed by atoms with Gasteiger partial charge in [0.1, 0.15) is 5.44 Å². The second-order valence-corrected chi connectivity index (χ2v) is 11.5. The normalized spacial score (nSPS) is 12.0. The van der Waals surface area contributed by atoms with E-state index in [9.17, 15) is 0 Å². The third-order valence-electron chi connectivity index (χ3n) is 6.79. The summed E-state index contributed by atoms with van der Waals surface area (Å²) in [6, 6.07) is 35.6. The molecule has 0 radical (unpaired) electrons. The zero-order valence-corrected chi connectivity index (χ0v) is 20.1. The first kappa shape index (κ1) is 20.9. The van der Waals surface area contributed by atoms with Gasteiger partial charge in [0, 0.05) is 38.4 Å². The van der Waals surface area contributed by atoms with Gasteiger partial charge < -0.3 is 4.57 Å². The van der Waals surface area contributed by atoms with Crippen molar-refractivity contribution in [2.45, 2.75) is 0 Å². The largest absolute Gasteiger partial charge is 0.307 e. The molecule has 0 spiro atoms. The molecular weight excluding hydrogens is 461 g/mol. The van der Waals surface area contributed by atoms with Crippen molar-refractivity contribution < 1.29 is 4.57 Å². The molecule has 0 saturated heterocycles. The van der Waals surface area contributed by atoms with Crippen molar-refractivity contribution in [1.82, 2.24) is 15.0 Å². The van der Waals surface area contributed by atoms with Crippen LogP contribution in [0.1, 0.15) is 0 Å². The molecule has 0 amide bonds. The number of rotatable bonds is 3. The Hall–Kier alpha value is -4.40. The highest BCUT2D eigenvalue weighted by atomic mass is 31.2. The average Bonchev–Trinajstić information content (AvgIpc) is 2.96. The third-order valence-corrected chi connectivity index (χ3v) is 9.78. The van der Waals surface area contributed by atoms with Gasteiger partial charge in [0.2, 0.25) is 0 Å². The molecule has 0 fully saturated rings. The van der Waals surface area contributed by atoms with E-state index in [0.717, 1.165) is 54.1 Å². The molecule has 0 atom stereocenters. The van der Waals surface area contributed by atoms with Gasteiger partial charge in [0.25, 0.3) is 0 Å². The van der Waals surface area contributed by atoms with E-state index in [4.69, 9.17) is 9.97 Å². The summed E-state index contributed by atoms with van der Waals surface area (Å²) < 4.78 is 15.2. The molecule has 0 saturated carbocycles. The molecule has 4 nitrogen and oxygen atoms in total. The van der Waals surface area contributed by atoms with Crippen LogP contribution in [0, 0.1) is 0 Å². The molecule has 170 valence electrons. The Balaban J connectivity index is 1.65. The first-order chi connectivity index (χ1) is 17.7. The van der Waals surface area contributed by atoms with Gasteiger partial charge in [-0.3, -0.25) is 9.97 Å². The van der Waals surface area contributed by atoms with Crippen molar-refractivity contribution in [1.29, 1.82) is 0 Å². The quantitative estimate of drug-likeness (QED) is 0.225. The summed E-state index contributed by atoms with van der Waals surface area (Å²) in [5, 5.41) is 6.45. The molecule has 36 heavy (non-hydrogen) atoms. The van der Waals surface area contributed by atoms with E-state index >= 15 is 4.57 Å². The highest BCUT2D eigenvalue weighted by Gasteiger charge is 2.33. The van der Waals surface area contributed by atoms with Crippen LogP contribution in [0.4, 0.5) is 0 Å². The Morgan fingerprint density at radius 2 is 1.22 bits per heavy atom. The number of hydrogen-bond acceptors (Lipinski definition) is 4. The fraction of sp³-hybridized carbons (Fsp3) is 0. The number of benzene rings is 4. The van der Waals surface area contributed by atoms with Crippen LogP contribution in [0.2, 0.25) is 0 Å². The third kappa shape index (κ3) is 3.02. The summed E-state index contributed by atoms with van der Waals surface area (Å²) in [6.45, 7) is 0. The van der Waals surface area contributed by atoms with E-state index in [-0.39, 0.29) is 0 Å².